The van der Waals surface area contributed by atoms with E-state index < -0.39 is 35.6 Å². The van der Waals surface area contributed by atoms with Gasteiger partial charge in [0.1, 0.15) is 6.04 Å². The second kappa shape index (κ2) is 9.10. The van der Waals surface area contributed by atoms with Crippen LogP contribution in [0.3, 0.4) is 0 Å². The number of aryl methyl sites for hydroxylation is 1. The number of benzene rings is 2. The Morgan fingerprint density at radius 2 is 1.64 bits per heavy atom. The summed E-state index contributed by atoms with van der Waals surface area (Å²) in [4.78, 5) is 53.9. The average molecular weight is 467 g/mol. The number of carbonyl (C=O) groups is 4. The van der Waals surface area contributed by atoms with Gasteiger partial charge in [0.2, 0.25) is 0 Å². The molecule has 172 valence electrons. The monoisotopic (exact) mass is 466 g/mol. The SMILES string of the molecule is Cc1ccc(C(=O)[C@H](C)N(C(=O)c2ccccc2Cl)N2C(=O)[C@H]3C[C@H](C)CC[C@H]3C2=O)cc1. The molecule has 0 bridgehead atoms. The lowest BCUT2D eigenvalue weighted by Crippen LogP contribution is -2.56. The average Bonchev–Trinajstić information content (AvgIpc) is 3.04. The van der Waals surface area contributed by atoms with E-state index in [9.17, 15) is 19.2 Å². The zero-order valence-corrected chi connectivity index (χ0v) is 19.7. The predicted octanol–water partition coefficient (Wildman–Crippen LogP) is 4.70. The Labute approximate surface area is 198 Å². The van der Waals surface area contributed by atoms with Gasteiger partial charge in [-0.25, -0.2) is 5.01 Å². The molecule has 3 amide bonds. The molecule has 2 fully saturated rings. The van der Waals surface area contributed by atoms with Gasteiger partial charge in [-0.15, -0.1) is 0 Å². The van der Waals surface area contributed by atoms with Crippen molar-refractivity contribution in [3.8, 4) is 0 Å². The Kier molecular flexibility index (Phi) is 6.39. The Morgan fingerprint density at radius 1 is 1.00 bits per heavy atom. The summed E-state index contributed by atoms with van der Waals surface area (Å²) in [5.74, 6) is -2.45. The smallest absolute Gasteiger partial charge is 0.275 e. The van der Waals surface area contributed by atoms with Gasteiger partial charge < -0.3 is 0 Å². The fourth-order valence-corrected chi connectivity index (χ4v) is 5.07. The first-order chi connectivity index (χ1) is 15.7. The number of hydrogen-bond donors (Lipinski definition) is 0. The van der Waals surface area contributed by atoms with E-state index >= 15 is 0 Å². The van der Waals surface area contributed by atoms with Crippen LogP contribution in [-0.4, -0.2) is 39.6 Å². The number of hydrazine groups is 1. The van der Waals surface area contributed by atoms with Gasteiger partial charge in [0.05, 0.1) is 22.4 Å². The molecule has 2 aliphatic rings. The minimum atomic E-state index is -1.08. The Balaban J connectivity index is 1.76. The molecule has 1 heterocycles. The second-order valence-electron chi connectivity index (χ2n) is 9.16. The fraction of sp³-hybridized carbons (Fsp3) is 0.385. The lowest BCUT2D eigenvalue weighted by atomic mass is 9.76. The molecule has 7 heteroatoms. The molecule has 2 aromatic rings. The summed E-state index contributed by atoms with van der Waals surface area (Å²) < 4.78 is 0. The molecular weight excluding hydrogens is 440 g/mol. The van der Waals surface area contributed by atoms with E-state index in [2.05, 4.69) is 6.92 Å². The summed E-state index contributed by atoms with van der Waals surface area (Å²) >= 11 is 6.28. The molecule has 1 saturated carbocycles. The van der Waals surface area contributed by atoms with Crippen molar-refractivity contribution in [1.29, 1.82) is 0 Å². The Bertz CT molecular complexity index is 1110. The number of rotatable bonds is 5. The van der Waals surface area contributed by atoms with Crippen LogP contribution in [0.1, 0.15) is 59.4 Å². The molecule has 2 aromatic carbocycles. The van der Waals surface area contributed by atoms with Crippen LogP contribution in [-0.2, 0) is 9.59 Å². The molecule has 0 radical (unpaired) electrons. The molecule has 0 N–H and O–H groups in total. The van der Waals surface area contributed by atoms with Gasteiger partial charge in [0.15, 0.2) is 5.78 Å². The van der Waals surface area contributed by atoms with Gasteiger partial charge in [-0.1, -0.05) is 60.5 Å². The zero-order valence-electron chi connectivity index (χ0n) is 19.0. The summed E-state index contributed by atoms with van der Waals surface area (Å²) in [6.07, 6.45) is 2.05. The van der Waals surface area contributed by atoms with Gasteiger partial charge in [-0.05, 0) is 51.2 Å². The largest absolute Gasteiger partial charge is 0.292 e. The van der Waals surface area contributed by atoms with Gasteiger partial charge in [-0.2, -0.15) is 5.01 Å². The highest BCUT2D eigenvalue weighted by Crippen LogP contribution is 2.42. The summed E-state index contributed by atoms with van der Waals surface area (Å²) in [5, 5.41) is 2.14. The Morgan fingerprint density at radius 3 is 2.30 bits per heavy atom. The van der Waals surface area contributed by atoms with Gasteiger partial charge in [0.25, 0.3) is 17.7 Å². The van der Waals surface area contributed by atoms with Crippen LogP contribution >= 0.6 is 11.6 Å². The van der Waals surface area contributed by atoms with Crippen LogP contribution in [0.5, 0.6) is 0 Å². The molecule has 0 unspecified atom stereocenters. The van der Waals surface area contributed by atoms with Crippen molar-refractivity contribution in [2.75, 3.05) is 0 Å². The summed E-state index contributed by atoms with van der Waals surface area (Å²) in [6, 6.07) is 12.3. The van der Waals surface area contributed by atoms with Crippen LogP contribution < -0.4 is 0 Å². The fourth-order valence-electron chi connectivity index (χ4n) is 4.85. The number of amides is 3. The number of fused-ring (bicyclic) bond motifs is 1. The van der Waals surface area contributed by atoms with Crippen molar-refractivity contribution >= 4 is 35.1 Å². The molecular formula is C26H27ClN2O4. The molecule has 1 aliphatic carbocycles. The van der Waals surface area contributed by atoms with Crippen molar-refractivity contribution in [2.45, 2.75) is 46.1 Å². The molecule has 0 aromatic heterocycles. The van der Waals surface area contributed by atoms with Crippen molar-refractivity contribution in [3.63, 3.8) is 0 Å². The number of halogens is 1. The van der Waals surface area contributed by atoms with Crippen molar-refractivity contribution in [1.82, 2.24) is 10.0 Å². The highest BCUT2D eigenvalue weighted by Gasteiger charge is 2.54. The standard InChI is InChI=1S/C26H27ClN2O4/c1-15-8-11-18(12-9-15)23(30)17(3)28(25(32)20-6-4-5-7-22(20)27)29-24(31)19-13-10-16(2)14-21(19)26(29)33/h4-9,11-12,16-17,19,21H,10,13-14H2,1-3H3/t16-,17+,19-,21+/m1/s1. The van der Waals surface area contributed by atoms with Crippen LogP contribution in [0.2, 0.25) is 5.02 Å². The van der Waals surface area contributed by atoms with Crippen LogP contribution in [0, 0.1) is 24.7 Å². The van der Waals surface area contributed by atoms with Crippen LogP contribution in [0.15, 0.2) is 48.5 Å². The molecule has 4 atom stereocenters. The van der Waals surface area contributed by atoms with E-state index in [1.807, 2.05) is 19.1 Å². The number of carbonyl (C=O) groups excluding carboxylic acids is 4. The Hall–Kier alpha value is -2.99. The van der Waals surface area contributed by atoms with E-state index in [1.165, 1.54) is 6.07 Å². The normalized spacial score (nSPS) is 23.3. The zero-order chi connectivity index (χ0) is 23.9. The maximum absolute atomic E-state index is 13.7. The van der Waals surface area contributed by atoms with Crippen LogP contribution in [0.25, 0.3) is 0 Å². The number of Topliss-reactive ketones (excluding diaryl/α,β-unsaturated/α-hetero) is 1. The molecule has 33 heavy (non-hydrogen) atoms. The number of nitrogens with zero attached hydrogens (tertiary/aromatic N) is 2. The van der Waals surface area contributed by atoms with E-state index in [-0.39, 0.29) is 16.4 Å². The van der Waals surface area contributed by atoms with Crippen LogP contribution in [0.4, 0.5) is 0 Å². The van der Waals surface area contributed by atoms with Gasteiger partial charge >= 0.3 is 0 Å². The van der Waals surface area contributed by atoms with E-state index in [4.69, 9.17) is 11.6 Å². The summed E-state index contributed by atoms with van der Waals surface area (Å²) in [6.45, 7) is 5.52. The molecule has 1 aliphatic heterocycles. The second-order valence-corrected chi connectivity index (χ2v) is 9.56. The summed E-state index contributed by atoms with van der Waals surface area (Å²) in [5.41, 5.74) is 1.52. The predicted molar refractivity (Wildman–Crippen MR) is 124 cm³/mol. The third-order valence-corrected chi connectivity index (χ3v) is 7.10. The van der Waals surface area contributed by atoms with Crippen molar-refractivity contribution in [2.24, 2.45) is 17.8 Å². The third kappa shape index (κ3) is 4.20. The van der Waals surface area contributed by atoms with Crippen molar-refractivity contribution in [3.05, 3.63) is 70.2 Å². The number of ketones is 1. The number of hydrogen-bond acceptors (Lipinski definition) is 4. The minimum absolute atomic E-state index is 0.131. The maximum atomic E-state index is 13.7. The van der Waals surface area contributed by atoms with E-state index in [0.717, 1.165) is 22.0 Å². The number of imide groups is 1. The lowest BCUT2D eigenvalue weighted by molar-refractivity contribution is -0.156. The first-order valence-electron chi connectivity index (χ1n) is 11.3. The highest BCUT2D eigenvalue weighted by molar-refractivity contribution is 6.34. The highest BCUT2D eigenvalue weighted by atomic mass is 35.5. The van der Waals surface area contributed by atoms with Crippen molar-refractivity contribution < 1.29 is 19.2 Å². The van der Waals surface area contributed by atoms with Gasteiger partial charge in [0, 0.05) is 5.56 Å². The first-order valence-corrected chi connectivity index (χ1v) is 11.6. The first kappa shape index (κ1) is 23.2. The quantitative estimate of drug-likeness (QED) is 0.473. The molecule has 1 saturated heterocycles. The third-order valence-electron chi connectivity index (χ3n) is 6.77. The summed E-state index contributed by atoms with van der Waals surface area (Å²) in [7, 11) is 0. The molecule has 0 spiro atoms. The minimum Gasteiger partial charge on any atom is -0.292 e. The molecule has 4 rings (SSSR count). The van der Waals surface area contributed by atoms with E-state index in [0.29, 0.717) is 24.3 Å². The topological polar surface area (TPSA) is 74.8 Å². The lowest BCUT2D eigenvalue weighted by Gasteiger charge is -2.35. The van der Waals surface area contributed by atoms with E-state index in [1.54, 1.807) is 37.3 Å². The molecule has 6 nitrogen and oxygen atoms in total. The maximum Gasteiger partial charge on any atom is 0.275 e. The van der Waals surface area contributed by atoms with Gasteiger partial charge in [-0.3, -0.25) is 19.2 Å².